The molecule has 0 N–H and O–H groups in total. The molecular formula is C27H24FN3O3S. The first kappa shape index (κ1) is 22.9. The quantitative estimate of drug-likeness (QED) is 0.304. The smallest absolute Gasteiger partial charge is 0.207 e. The summed E-state index contributed by atoms with van der Waals surface area (Å²) in [4.78, 5) is 4.81. The van der Waals surface area contributed by atoms with E-state index in [2.05, 4.69) is 12.1 Å². The van der Waals surface area contributed by atoms with Crippen molar-refractivity contribution in [1.29, 1.82) is 0 Å². The van der Waals surface area contributed by atoms with Crippen LogP contribution in [0, 0.1) is 5.82 Å². The van der Waals surface area contributed by atoms with Gasteiger partial charge in [-0.25, -0.2) is 14.4 Å². The number of benzene rings is 3. The van der Waals surface area contributed by atoms with Crippen LogP contribution in [0.5, 0.6) is 17.2 Å². The molecule has 0 spiro atoms. The molecule has 5 rings (SSSR count). The van der Waals surface area contributed by atoms with E-state index < -0.39 is 5.82 Å². The fraction of sp³-hybridized carbons (Fsp3) is 0.185. The molecule has 1 aliphatic heterocycles. The third-order valence-corrected chi connectivity index (χ3v) is 6.80. The minimum Gasteiger partial charge on any atom is -0.497 e. The first-order valence-corrected chi connectivity index (χ1v) is 11.9. The zero-order valence-electron chi connectivity index (χ0n) is 19.6. The molecule has 4 aromatic rings. The molecule has 8 heteroatoms. The lowest BCUT2D eigenvalue weighted by atomic mass is 9.98. The molecule has 35 heavy (non-hydrogen) atoms. The topological polar surface area (TPSA) is 56.2 Å². The standard InChI is InChI=1S/C27H24FN3O3S/c1-32-20-9-4-17(5-10-20)23-15-25(18-6-11-21(33-2)12-7-18)31(30-23)27-29-24(16-35-27)19-8-13-26(34-3)22(28)14-19/h4-14,16,25H,15H2,1-3H3/t25-/m0/s1. The van der Waals surface area contributed by atoms with Gasteiger partial charge in [0.2, 0.25) is 5.13 Å². The minimum atomic E-state index is -0.420. The molecule has 0 fully saturated rings. The predicted molar refractivity (Wildman–Crippen MR) is 136 cm³/mol. The van der Waals surface area contributed by atoms with E-state index in [4.69, 9.17) is 24.3 Å². The molecule has 1 atom stereocenters. The second kappa shape index (κ2) is 9.76. The molecule has 178 valence electrons. The number of nitrogens with zero attached hydrogens (tertiary/aromatic N) is 3. The van der Waals surface area contributed by atoms with E-state index in [0.717, 1.165) is 33.5 Å². The number of anilines is 1. The van der Waals surface area contributed by atoms with Gasteiger partial charge in [0.1, 0.15) is 11.5 Å². The van der Waals surface area contributed by atoms with Gasteiger partial charge >= 0.3 is 0 Å². The van der Waals surface area contributed by atoms with Crippen LogP contribution in [0.2, 0.25) is 0 Å². The van der Waals surface area contributed by atoms with Gasteiger partial charge in [0.05, 0.1) is 38.8 Å². The SMILES string of the molecule is COc1ccc(C2=NN(c3nc(-c4ccc(OC)c(F)c4)cs3)[C@H](c3ccc(OC)cc3)C2)cc1. The van der Waals surface area contributed by atoms with Crippen LogP contribution in [0.25, 0.3) is 11.3 Å². The number of methoxy groups -OCH3 is 3. The number of hydrogen-bond donors (Lipinski definition) is 0. The van der Waals surface area contributed by atoms with Crippen LogP contribution in [-0.4, -0.2) is 32.0 Å². The van der Waals surface area contributed by atoms with Gasteiger partial charge in [-0.1, -0.05) is 12.1 Å². The maximum Gasteiger partial charge on any atom is 0.207 e. The highest BCUT2D eigenvalue weighted by Crippen LogP contribution is 2.40. The molecule has 0 aliphatic carbocycles. The summed E-state index contributed by atoms with van der Waals surface area (Å²) in [7, 11) is 4.75. The van der Waals surface area contributed by atoms with Crippen molar-refractivity contribution in [3.63, 3.8) is 0 Å². The van der Waals surface area contributed by atoms with Crippen LogP contribution >= 0.6 is 11.3 Å². The maximum atomic E-state index is 14.3. The van der Waals surface area contributed by atoms with Crippen LogP contribution in [0.3, 0.4) is 0 Å². The van der Waals surface area contributed by atoms with Crippen molar-refractivity contribution < 1.29 is 18.6 Å². The van der Waals surface area contributed by atoms with E-state index in [-0.39, 0.29) is 11.8 Å². The van der Waals surface area contributed by atoms with Crippen molar-refractivity contribution >= 4 is 22.2 Å². The van der Waals surface area contributed by atoms with Gasteiger partial charge in [-0.05, 0) is 65.7 Å². The summed E-state index contributed by atoms with van der Waals surface area (Å²) in [6.07, 6.45) is 0.713. The Morgan fingerprint density at radius 1 is 0.857 bits per heavy atom. The second-order valence-electron chi connectivity index (χ2n) is 7.98. The van der Waals surface area contributed by atoms with Crippen molar-refractivity contribution in [2.45, 2.75) is 12.5 Å². The molecule has 1 aromatic heterocycles. The summed E-state index contributed by atoms with van der Waals surface area (Å²) >= 11 is 1.48. The monoisotopic (exact) mass is 489 g/mol. The third kappa shape index (κ3) is 4.57. The molecular weight excluding hydrogens is 465 g/mol. The summed E-state index contributed by atoms with van der Waals surface area (Å²) in [5.74, 6) is 1.38. The maximum absolute atomic E-state index is 14.3. The predicted octanol–water partition coefficient (Wildman–Crippen LogP) is 6.33. The number of halogens is 1. The van der Waals surface area contributed by atoms with E-state index >= 15 is 0 Å². The molecule has 0 amide bonds. The van der Waals surface area contributed by atoms with Crippen molar-refractivity contribution in [2.24, 2.45) is 5.10 Å². The van der Waals surface area contributed by atoms with Crippen molar-refractivity contribution in [3.05, 3.63) is 89.1 Å². The van der Waals surface area contributed by atoms with Gasteiger partial charge in [-0.2, -0.15) is 5.10 Å². The molecule has 0 unspecified atom stereocenters. The van der Waals surface area contributed by atoms with E-state index in [0.29, 0.717) is 17.7 Å². The third-order valence-electron chi connectivity index (χ3n) is 5.97. The van der Waals surface area contributed by atoms with Gasteiger partial charge < -0.3 is 14.2 Å². The van der Waals surface area contributed by atoms with Crippen LogP contribution in [0.1, 0.15) is 23.6 Å². The Hall–Kier alpha value is -3.91. The Labute approximate surface area is 207 Å². The molecule has 1 aliphatic rings. The first-order valence-electron chi connectivity index (χ1n) is 11.0. The van der Waals surface area contributed by atoms with Gasteiger partial charge in [0.15, 0.2) is 11.6 Å². The van der Waals surface area contributed by atoms with Crippen LogP contribution in [-0.2, 0) is 0 Å². The minimum absolute atomic E-state index is 0.0374. The summed E-state index contributed by atoms with van der Waals surface area (Å²) in [5.41, 5.74) is 4.46. The molecule has 2 heterocycles. The molecule has 3 aromatic carbocycles. The summed E-state index contributed by atoms with van der Waals surface area (Å²) < 4.78 is 29.9. The lowest BCUT2D eigenvalue weighted by molar-refractivity contribution is 0.386. The van der Waals surface area contributed by atoms with Crippen molar-refractivity contribution in [2.75, 3.05) is 26.3 Å². The number of thiazole rings is 1. The number of aromatic nitrogens is 1. The van der Waals surface area contributed by atoms with E-state index in [1.807, 2.05) is 46.8 Å². The molecule has 0 saturated heterocycles. The van der Waals surface area contributed by atoms with Crippen molar-refractivity contribution in [1.82, 2.24) is 4.98 Å². The normalized spacial score (nSPS) is 15.1. The lowest BCUT2D eigenvalue weighted by Crippen LogP contribution is -2.18. The Kier molecular flexibility index (Phi) is 6.37. The highest BCUT2D eigenvalue weighted by atomic mass is 32.1. The number of hydrazone groups is 1. The van der Waals surface area contributed by atoms with E-state index in [1.165, 1.54) is 24.5 Å². The van der Waals surface area contributed by atoms with Crippen molar-refractivity contribution in [3.8, 4) is 28.5 Å². The van der Waals surface area contributed by atoms with Gasteiger partial charge in [-0.3, -0.25) is 0 Å². The second-order valence-corrected chi connectivity index (χ2v) is 8.81. The Bertz CT molecular complexity index is 1350. The molecule has 0 bridgehead atoms. The summed E-state index contributed by atoms with van der Waals surface area (Å²) in [6, 6.07) is 20.7. The Balaban J connectivity index is 1.50. The van der Waals surface area contributed by atoms with E-state index in [1.54, 1.807) is 26.4 Å². The number of hydrogen-bond acceptors (Lipinski definition) is 7. The Morgan fingerprint density at radius 2 is 1.51 bits per heavy atom. The van der Waals surface area contributed by atoms with Crippen LogP contribution in [0.4, 0.5) is 9.52 Å². The molecule has 0 radical (unpaired) electrons. The fourth-order valence-electron chi connectivity index (χ4n) is 4.06. The zero-order chi connectivity index (χ0) is 24.4. The molecule has 6 nitrogen and oxygen atoms in total. The fourth-order valence-corrected chi connectivity index (χ4v) is 4.89. The van der Waals surface area contributed by atoms with Crippen LogP contribution in [0.15, 0.2) is 77.2 Å². The van der Waals surface area contributed by atoms with Crippen LogP contribution < -0.4 is 19.2 Å². The summed E-state index contributed by atoms with van der Waals surface area (Å²) in [5, 5.41) is 9.58. The molecule has 0 saturated carbocycles. The largest absolute Gasteiger partial charge is 0.497 e. The summed E-state index contributed by atoms with van der Waals surface area (Å²) in [6.45, 7) is 0. The highest BCUT2D eigenvalue weighted by Gasteiger charge is 2.32. The zero-order valence-corrected chi connectivity index (χ0v) is 20.4. The average Bonchev–Trinajstić information content (AvgIpc) is 3.57. The number of rotatable bonds is 7. The van der Waals surface area contributed by atoms with Gasteiger partial charge in [0.25, 0.3) is 0 Å². The lowest BCUT2D eigenvalue weighted by Gasteiger charge is -2.21. The van der Waals surface area contributed by atoms with E-state index in [9.17, 15) is 4.39 Å². The first-order chi connectivity index (χ1) is 17.1. The Morgan fingerprint density at radius 3 is 2.14 bits per heavy atom. The highest BCUT2D eigenvalue weighted by molar-refractivity contribution is 7.14. The van der Waals surface area contributed by atoms with Gasteiger partial charge in [0, 0.05) is 17.4 Å². The number of ether oxygens (including phenoxy) is 3. The van der Waals surface area contributed by atoms with Gasteiger partial charge in [-0.15, -0.1) is 11.3 Å². The average molecular weight is 490 g/mol.